The summed E-state index contributed by atoms with van der Waals surface area (Å²) in [5, 5.41) is 22.8. The van der Waals surface area contributed by atoms with Crippen LogP contribution in [-0.2, 0) is 14.3 Å². The van der Waals surface area contributed by atoms with Crippen molar-refractivity contribution in [1.29, 1.82) is 0 Å². The largest absolute Gasteiger partial charge is 0.575 e. The molecule has 48 heavy (non-hydrogen) atoms. The summed E-state index contributed by atoms with van der Waals surface area (Å²) < 4.78 is 33.8. The number of carbonyl (C=O) groups excluding carboxylic acids is 1. The Morgan fingerprint density at radius 1 is 1.23 bits per heavy atom. The highest BCUT2D eigenvalue weighted by molar-refractivity contribution is 7.34. The first-order valence-electron chi connectivity index (χ1n) is 15.2. The van der Waals surface area contributed by atoms with Gasteiger partial charge in [0, 0.05) is 11.5 Å². The van der Waals surface area contributed by atoms with Gasteiger partial charge < -0.3 is 39.8 Å². The van der Waals surface area contributed by atoms with Crippen molar-refractivity contribution in [2.24, 2.45) is 16.1 Å². The van der Waals surface area contributed by atoms with Crippen molar-refractivity contribution in [3.8, 4) is 17.5 Å². The number of nitrogen functional groups attached to an aromatic ring is 1. The third-order valence-corrected chi connectivity index (χ3v) is 8.37. The Kier molecular flexibility index (Phi) is 10.0. The number of methoxy groups -OCH3 is 1. The third-order valence-electron chi connectivity index (χ3n) is 7.58. The average Bonchev–Trinajstić information content (AvgIpc) is 3.53. The minimum absolute atomic E-state index is 0.0626. The van der Waals surface area contributed by atoms with Gasteiger partial charge in [0.05, 0.1) is 25.6 Å². The highest BCUT2D eigenvalue weighted by atomic mass is 31.1. The molecule has 1 saturated heterocycles. The van der Waals surface area contributed by atoms with Crippen LogP contribution in [0, 0.1) is 11.3 Å². The molecule has 3 aromatic heterocycles. The molecule has 0 bridgehead atoms. The Morgan fingerprint density at radius 2 is 1.98 bits per heavy atom. The van der Waals surface area contributed by atoms with E-state index in [0.717, 1.165) is 0 Å². The van der Waals surface area contributed by atoms with E-state index in [1.165, 1.54) is 24.9 Å². The van der Waals surface area contributed by atoms with Crippen molar-refractivity contribution in [3.05, 3.63) is 36.7 Å². The fourth-order valence-electron chi connectivity index (χ4n) is 5.07. The number of benzene rings is 1. The van der Waals surface area contributed by atoms with Crippen molar-refractivity contribution in [3.63, 3.8) is 0 Å². The Hall–Kier alpha value is -4.21. The maximum Gasteiger partial charge on any atom is 0.395 e. The molecule has 16 nitrogen and oxygen atoms in total. The molecule has 1 aromatic carbocycles. The Bertz CT molecular complexity index is 1830. The molecule has 0 amide bonds. The molecule has 17 heteroatoms. The molecule has 5 rings (SSSR count). The Balaban J connectivity index is 1.29. The van der Waals surface area contributed by atoms with Gasteiger partial charge in [0.2, 0.25) is 17.7 Å². The number of nitrogens with two attached hydrogens (primary N) is 1. The molecule has 4 aromatic rings. The van der Waals surface area contributed by atoms with Crippen LogP contribution in [0.15, 0.2) is 41.4 Å². The van der Waals surface area contributed by atoms with E-state index >= 15 is 0 Å². The number of esters is 1. The van der Waals surface area contributed by atoms with Gasteiger partial charge in [-0.3, -0.25) is 9.09 Å². The fourth-order valence-corrected chi connectivity index (χ4v) is 6.01. The van der Waals surface area contributed by atoms with Crippen LogP contribution >= 0.6 is 8.17 Å². The van der Waals surface area contributed by atoms with E-state index in [2.05, 4.69) is 24.7 Å². The summed E-state index contributed by atoms with van der Waals surface area (Å²) >= 11 is 0. The van der Waals surface area contributed by atoms with Gasteiger partial charge >= 0.3 is 14.1 Å². The summed E-state index contributed by atoms with van der Waals surface area (Å²) in [6.07, 6.45) is -2.03. The molecule has 1 aliphatic rings. The number of anilines is 1. The second kappa shape index (κ2) is 13.7. The number of aliphatic hydroxyl groups is 2. The maximum absolute atomic E-state index is 12.9. The second-order valence-corrected chi connectivity index (χ2v) is 14.1. The lowest BCUT2D eigenvalue weighted by Crippen LogP contribution is -2.44. The average molecular weight is 686 g/mol. The predicted molar refractivity (Wildman–Crippen MR) is 173 cm³/mol. The minimum Gasteiger partial charge on any atom is -0.575 e. The first kappa shape index (κ1) is 35.1. The molecule has 0 aliphatic carbocycles. The van der Waals surface area contributed by atoms with Gasteiger partial charge in [0.25, 0.3) is 0 Å². The van der Waals surface area contributed by atoms with Crippen LogP contribution < -0.4 is 24.6 Å². The number of carbonyl (C=O) groups is 1. The molecule has 0 radical (unpaired) electrons. The van der Waals surface area contributed by atoms with Crippen LogP contribution in [0.2, 0.25) is 0 Å². The summed E-state index contributed by atoms with van der Waals surface area (Å²) in [5.41, 5.74) is 4.86. The topological polar surface area (TPSA) is 222 Å². The van der Waals surface area contributed by atoms with Crippen LogP contribution in [-0.4, -0.2) is 84.9 Å². The quantitative estimate of drug-likeness (QED) is 0.153. The lowest BCUT2D eigenvalue weighted by atomic mass is 9.96. The minimum atomic E-state index is -2.63. The zero-order valence-electron chi connectivity index (χ0n) is 27.7. The first-order valence-corrected chi connectivity index (χ1v) is 16.4. The smallest absolute Gasteiger partial charge is 0.395 e. The molecule has 6 atom stereocenters. The van der Waals surface area contributed by atoms with Crippen molar-refractivity contribution in [2.45, 2.75) is 71.6 Å². The monoisotopic (exact) mass is 685 g/mol. The standard InChI is InChI=1S/C31H40N7O9P/c1-16(2)22(27(40)45-14-30(3,4)5)37-48(42)47-19-10-8-9-18-17(19)11-12-21(34-18)44-13-20-24(39)31(6,41)28(46-20)38-15-33-23-25(38)35-29(32)36-26(23)43-7/h8-12,15-16,20,22,24,28,39,41H,13-14H2,1-7H3,(H2,32,35,36)/t20-,22+,24-,28?,31-/m1/s1. The molecule has 0 saturated carbocycles. The van der Waals surface area contributed by atoms with Crippen LogP contribution in [0.4, 0.5) is 5.95 Å². The number of pyridine rings is 1. The van der Waals surface area contributed by atoms with Crippen LogP contribution in [0.3, 0.4) is 0 Å². The summed E-state index contributed by atoms with van der Waals surface area (Å²) in [4.78, 5) is 42.6. The van der Waals surface area contributed by atoms with Gasteiger partial charge in [-0.1, -0.05) is 45.4 Å². The van der Waals surface area contributed by atoms with E-state index in [4.69, 9.17) is 29.2 Å². The van der Waals surface area contributed by atoms with Gasteiger partial charge in [-0.05, 0) is 36.5 Å². The second-order valence-electron chi connectivity index (χ2n) is 13.2. The lowest BCUT2D eigenvalue weighted by Gasteiger charge is -2.27. The number of imidazole rings is 1. The molecule has 4 N–H and O–H groups in total. The molecule has 1 fully saturated rings. The fraction of sp³-hybridized carbons (Fsp3) is 0.516. The van der Waals surface area contributed by atoms with E-state index in [1.807, 2.05) is 20.8 Å². The molecule has 4 heterocycles. The van der Waals surface area contributed by atoms with Crippen molar-refractivity contribution < 1.29 is 43.4 Å². The number of hydrogen-bond acceptors (Lipinski definition) is 15. The highest BCUT2D eigenvalue weighted by Gasteiger charge is 2.54. The number of aliphatic hydroxyl groups excluding tert-OH is 1. The molecular weight excluding hydrogens is 645 g/mol. The summed E-state index contributed by atoms with van der Waals surface area (Å²) in [7, 11) is -1.21. The zero-order chi connectivity index (χ0) is 35.0. The number of rotatable bonds is 11. The SMILES string of the molecule is COc1nc(N)nc2c1ncn2C1O[C@H](COc2ccc3c(O[P+]([O-])=N[C@H](C(=O)OCC(C)(C)C)C(C)C)cccc3n2)[C@@H](O)[C@@]1(C)O. The molecule has 1 aliphatic heterocycles. The van der Waals surface area contributed by atoms with E-state index < -0.39 is 44.2 Å². The zero-order valence-corrected chi connectivity index (χ0v) is 28.6. The van der Waals surface area contributed by atoms with Crippen LogP contribution in [0.25, 0.3) is 22.1 Å². The lowest BCUT2D eigenvalue weighted by molar-refractivity contribution is -0.170. The van der Waals surface area contributed by atoms with E-state index in [0.29, 0.717) is 16.4 Å². The molecule has 0 spiro atoms. The third kappa shape index (κ3) is 7.42. The Morgan fingerprint density at radius 3 is 2.67 bits per heavy atom. The first-order chi connectivity index (χ1) is 22.6. The maximum atomic E-state index is 12.9. The number of fused-ring (bicyclic) bond motifs is 2. The molecule has 2 unspecified atom stereocenters. The van der Waals surface area contributed by atoms with Crippen molar-refractivity contribution >= 4 is 42.2 Å². The normalized spacial score (nSPS) is 22.3. The number of hydrogen-bond donors (Lipinski definition) is 3. The van der Waals surface area contributed by atoms with Gasteiger partial charge in [-0.25, -0.2) is 14.8 Å². The van der Waals surface area contributed by atoms with Crippen molar-refractivity contribution in [2.75, 3.05) is 26.1 Å². The van der Waals surface area contributed by atoms with Crippen molar-refractivity contribution in [1.82, 2.24) is 24.5 Å². The Labute approximate surface area is 277 Å². The summed E-state index contributed by atoms with van der Waals surface area (Å²) in [6, 6.07) is 7.30. The van der Waals surface area contributed by atoms with Gasteiger partial charge in [-0.2, -0.15) is 9.97 Å². The van der Waals surface area contributed by atoms with E-state index in [1.54, 1.807) is 44.2 Å². The molecule has 258 valence electrons. The van der Waals surface area contributed by atoms with Crippen LogP contribution in [0.5, 0.6) is 17.5 Å². The highest BCUT2D eigenvalue weighted by Crippen LogP contribution is 2.40. The van der Waals surface area contributed by atoms with Gasteiger partial charge in [0.1, 0.15) is 24.4 Å². The number of aromatic nitrogens is 5. The van der Waals surface area contributed by atoms with E-state index in [-0.39, 0.29) is 53.7 Å². The summed E-state index contributed by atoms with van der Waals surface area (Å²) in [5.74, 6) is -0.271. The van der Waals surface area contributed by atoms with Gasteiger partial charge in [-0.15, -0.1) is 0 Å². The van der Waals surface area contributed by atoms with Crippen LogP contribution in [0.1, 0.15) is 47.8 Å². The molecular formula is C31H40N7O9P. The predicted octanol–water partition coefficient (Wildman–Crippen LogP) is 2.90. The van der Waals surface area contributed by atoms with E-state index in [9.17, 15) is 19.9 Å². The summed E-state index contributed by atoms with van der Waals surface area (Å²) in [6.45, 7) is 10.9. The number of ether oxygens (including phenoxy) is 4. The van der Waals surface area contributed by atoms with Gasteiger partial charge in [0.15, 0.2) is 29.2 Å². The number of nitrogens with zero attached hydrogens (tertiary/aromatic N) is 6.